The fourth-order valence-corrected chi connectivity index (χ4v) is 3.90. The number of piperazine rings is 2. The van der Waals surface area contributed by atoms with Crippen LogP contribution >= 0.6 is 0 Å². The van der Waals surface area contributed by atoms with Crippen LogP contribution in [0.1, 0.15) is 6.92 Å². The zero-order valence-electron chi connectivity index (χ0n) is 16.8. The van der Waals surface area contributed by atoms with Gasteiger partial charge in [-0.2, -0.15) is 10.1 Å². The van der Waals surface area contributed by atoms with Gasteiger partial charge in [-0.25, -0.2) is 0 Å². The molecular weight excluding hydrogens is 354 g/mol. The lowest BCUT2D eigenvalue weighted by Crippen LogP contribution is -2.48. The normalized spacial score (nSPS) is 18.4. The van der Waals surface area contributed by atoms with E-state index < -0.39 is 0 Å². The number of likely N-dealkylation sites (N-methyl/N-ethyl adjacent to an activating group) is 1. The number of hydrogen-bond acceptors (Lipinski definition) is 8. The van der Waals surface area contributed by atoms with Gasteiger partial charge in [0.05, 0.1) is 19.0 Å². The number of rotatable bonds is 5. The molecule has 0 atom stereocenters. The fourth-order valence-electron chi connectivity index (χ4n) is 3.90. The van der Waals surface area contributed by atoms with Gasteiger partial charge in [-0.05, 0) is 18.7 Å². The van der Waals surface area contributed by atoms with Crippen molar-refractivity contribution in [1.82, 2.24) is 20.1 Å². The summed E-state index contributed by atoms with van der Waals surface area (Å²) in [7, 11) is 1.72. The molecule has 1 aromatic heterocycles. The average molecular weight is 384 g/mol. The van der Waals surface area contributed by atoms with Gasteiger partial charge < -0.3 is 24.3 Å². The Hall–Kier alpha value is -2.61. The van der Waals surface area contributed by atoms with Crippen molar-refractivity contribution in [2.24, 2.45) is 0 Å². The molecule has 150 valence electrons. The topological polar surface area (TPSA) is 60.9 Å². The van der Waals surface area contributed by atoms with Gasteiger partial charge in [0.2, 0.25) is 5.95 Å². The molecule has 8 nitrogen and oxygen atoms in total. The van der Waals surface area contributed by atoms with Crippen LogP contribution in [-0.4, -0.2) is 86.1 Å². The largest absolute Gasteiger partial charge is 0.495 e. The highest BCUT2D eigenvalue weighted by Crippen LogP contribution is 2.28. The van der Waals surface area contributed by atoms with Gasteiger partial charge in [0.25, 0.3) is 0 Å². The molecule has 0 radical (unpaired) electrons. The number of methoxy groups -OCH3 is 1. The molecule has 0 N–H and O–H groups in total. The van der Waals surface area contributed by atoms with E-state index in [9.17, 15) is 0 Å². The summed E-state index contributed by atoms with van der Waals surface area (Å²) in [6.07, 6.45) is 1.79. The van der Waals surface area contributed by atoms with Crippen LogP contribution in [0.3, 0.4) is 0 Å². The summed E-state index contributed by atoms with van der Waals surface area (Å²) in [5.74, 6) is 2.59. The first kappa shape index (κ1) is 18.7. The van der Waals surface area contributed by atoms with E-state index in [1.165, 1.54) is 0 Å². The number of hydrogen-bond donors (Lipinski definition) is 0. The maximum absolute atomic E-state index is 5.51. The Morgan fingerprint density at radius 2 is 1.57 bits per heavy atom. The minimum atomic E-state index is 0.732. The number of benzene rings is 1. The van der Waals surface area contributed by atoms with Crippen molar-refractivity contribution in [2.75, 3.05) is 80.7 Å². The Bertz CT molecular complexity index is 771. The van der Waals surface area contributed by atoms with Gasteiger partial charge in [-0.3, -0.25) is 0 Å². The lowest BCUT2D eigenvalue weighted by molar-refractivity contribution is 0.270. The monoisotopic (exact) mass is 383 g/mol. The third-order valence-electron chi connectivity index (χ3n) is 5.67. The molecule has 0 amide bonds. The molecule has 0 bridgehead atoms. The summed E-state index contributed by atoms with van der Waals surface area (Å²) in [5, 5.41) is 8.54. The Balaban J connectivity index is 1.40. The minimum absolute atomic E-state index is 0.732. The standard InChI is InChI=1S/C20H29N7O/c1-3-24-8-10-26(11-9-24)19-16-21-23-20(22-19)27-14-12-25(13-15-27)17-6-4-5-7-18(17)28-2/h4-7,16H,3,8-15H2,1-2H3. The molecule has 1 aromatic carbocycles. The minimum Gasteiger partial charge on any atom is -0.495 e. The van der Waals surface area contributed by atoms with Gasteiger partial charge in [-0.15, -0.1) is 5.10 Å². The highest BCUT2D eigenvalue weighted by Gasteiger charge is 2.23. The molecule has 0 saturated carbocycles. The third-order valence-corrected chi connectivity index (χ3v) is 5.67. The predicted octanol–water partition coefficient (Wildman–Crippen LogP) is 1.35. The number of aromatic nitrogens is 3. The van der Waals surface area contributed by atoms with E-state index in [1.54, 1.807) is 13.3 Å². The molecule has 28 heavy (non-hydrogen) atoms. The second-order valence-electron chi connectivity index (χ2n) is 7.18. The summed E-state index contributed by atoms with van der Waals surface area (Å²) < 4.78 is 5.51. The van der Waals surface area contributed by atoms with E-state index in [-0.39, 0.29) is 0 Å². The first-order chi connectivity index (χ1) is 13.8. The highest BCUT2D eigenvalue weighted by molar-refractivity contribution is 5.59. The van der Waals surface area contributed by atoms with Crippen LogP contribution in [0.2, 0.25) is 0 Å². The Labute approximate surface area is 166 Å². The van der Waals surface area contributed by atoms with Crippen LogP contribution in [-0.2, 0) is 0 Å². The van der Waals surface area contributed by atoms with E-state index in [2.05, 4.69) is 48.9 Å². The van der Waals surface area contributed by atoms with Crippen LogP contribution < -0.4 is 19.4 Å². The number of ether oxygens (including phenoxy) is 1. The number of anilines is 3. The molecule has 0 aliphatic carbocycles. The van der Waals surface area contributed by atoms with E-state index in [0.29, 0.717) is 0 Å². The van der Waals surface area contributed by atoms with Crippen LogP contribution in [0, 0.1) is 0 Å². The van der Waals surface area contributed by atoms with E-state index >= 15 is 0 Å². The smallest absolute Gasteiger partial charge is 0.247 e. The molecule has 4 rings (SSSR count). The van der Waals surface area contributed by atoms with Crippen LogP contribution in [0.15, 0.2) is 30.5 Å². The molecule has 2 aliphatic rings. The average Bonchev–Trinajstić information content (AvgIpc) is 2.79. The SMILES string of the molecule is CCN1CCN(c2cnnc(N3CCN(c4ccccc4OC)CC3)n2)CC1. The van der Waals surface area contributed by atoms with Crippen molar-refractivity contribution in [1.29, 1.82) is 0 Å². The number of nitrogens with zero attached hydrogens (tertiary/aromatic N) is 7. The third kappa shape index (κ3) is 3.96. The zero-order valence-corrected chi connectivity index (χ0v) is 16.8. The van der Waals surface area contributed by atoms with Crippen molar-refractivity contribution in [3.63, 3.8) is 0 Å². The highest BCUT2D eigenvalue weighted by atomic mass is 16.5. The van der Waals surface area contributed by atoms with Crippen molar-refractivity contribution in [3.05, 3.63) is 30.5 Å². The lowest BCUT2D eigenvalue weighted by Gasteiger charge is -2.37. The van der Waals surface area contributed by atoms with Crippen molar-refractivity contribution in [3.8, 4) is 5.75 Å². The second-order valence-corrected chi connectivity index (χ2v) is 7.18. The van der Waals surface area contributed by atoms with E-state index in [0.717, 1.165) is 82.1 Å². The molecule has 2 aromatic rings. The lowest BCUT2D eigenvalue weighted by atomic mass is 10.2. The van der Waals surface area contributed by atoms with E-state index in [1.807, 2.05) is 12.1 Å². The fraction of sp³-hybridized carbons (Fsp3) is 0.550. The molecule has 0 unspecified atom stereocenters. The maximum atomic E-state index is 5.51. The summed E-state index contributed by atoms with van der Waals surface area (Å²) in [6.45, 7) is 11.0. The van der Waals surface area contributed by atoms with Gasteiger partial charge in [-0.1, -0.05) is 19.1 Å². The summed E-state index contributed by atoms with van der Waals surface area (Å²) in [6, 6.07) is 8.18. The molecule has 0 spiro atoms. The van der Waals surface area contributed by atoms with Gasteiger partial charge >= 0.3 is 0 Å². The Morgan fingerprint density at radius 3 is 2.29 bits per heavy atom. The molecular formula is C20H29N7O. The first-order valence-electron chi connectivity index (χ1n) is 10.1. The molecule has 2 fully saturated rings. The molecule has 3 heterocycles. The summed E-state index contributed by atoms with van der Waals surface area (Å²) in [4.78, 5) is 14.2. The molecule has 8 heteroatoms. The van der Waals surface area contributed by atoms with Crippen LogP contribution in [0.5, 0.6) is 5.75 Å². The maximum Gasteiger partial charge on any atom is 0.247 e. The number of para-hydroxylation sites is 2. The van der Waals surface area contributed by atoms with Gasteiger partial charge in [0.15, 0.2) is 5.82 Å². The summed E-state index contributed by atoms with van der Waals surface area (Å²) in [5.41, 5.74) is 1.14. The predicted molar refractivity (Wildman–Crippen MR) is 112 cm³/mol. The second kappa shape index (κ2) is 8.60. The summed E-state index contributed by atoms with van der Waals surface area (Å²) >= 11 is 0. The van der Waals surface area contributed by atoms with Crippen molar-refractivity contribution < 1.29 is 4.74 Å². The van der Waals surface area contributed by atoms with E-state index in [4.69, 9.17) is 9.72 Å². The quantitative estimate of drug-likeness (QED) is 0.767. The Kier molecular flexibility index (Phi) is 5.76. The van der Waals surface area contributed by atoms with Crippen LogP contribution in [0.4, 0.5) is 17.5 Å². The molecule has 2 saturated heterocycles. The van der Waals surface area contributed by atoms with Crippen LogP contribution in [0.25, 0.3) is 0 Å². The first-order valence-corrected chi connectivity index (χ1v) is 10.1. The van der Waals surface area contributed by atoms with Gasteiger partial charge in [0.1, 0.15) is 5.75 Å². The molecule has 2 aliphatic heterocycles. The van der Waals surface area contributed by atoms with Crippen molar-refractivity contribution in [2.45, 2.75) is 6.92 Å². The van der Waals surface area contributed by atoms with Crippen molar-refractivity contribution >= 4 is 17.5 Å². The van der Waals surface area contributed by atoms with Gasteiger partial charge in [0, 0.05) is 52.4 Å². The zero-order chi connectivity index (χ0) is 19.3. The Morgan fingerprint density at radius 1 is 0.893 bits per heavy atom.